The Morgan fingerprint density at radius 2 is 1.52 bits per heavy atom. The summed E-state index contributed by atoms with van der Waals surface area (Å²) < 4.78 is 14.2. The second-order valence-electron chi connectivity index (χ2n) is 5.40. The first-order valence-electron chi connectivity index (χ1n) is 6.64. The fraction of sp³-hybridized carbons (Fsp3) is 0.400. The van der Waals surface area contributed by atoms with Crippen LogP contribution in [0.4, 0.5) is 4.79 Å². The van der Waals surface area contributed by atoms with Crippen molar-refractivity contribution in [2.24, 2.45) is 0 Å². The SMILES string of the molecule is COC(=O)c1ccc(ONC(=O)OC(C)(C)C)cc1C(=O)OC. The zero-order valence-corrected chi connectivity index (χ0v) is 13.6. The average Bonchev–Trinajstić information content (AvgIpc) is 2.49. The lowest BCUT2D eigenvalue weighted by Gasteiger charge is -2.19. The lowest BCUT2D eigenvalue weighted by atomic mass is 10.1. The van der Waals surface area contributed by atoms with Crippen molar-refractivity contribution in [3.63, 3.8) is 0 Å². The molecule has 0 unspecified atom stereocenters. The maximum absolute atomic E-state index is 11.7. The molecule has 1 aromatic rings. The maximum atomic E-state index is 11.7. The van der Waals surface area contributed by atoms with Crippen molar-refractivity contribution < 1.29 is 33.4 Å². The van der Waals surface area contributed by atoms with Crippen molar-refractivity contribution in [1.82, 2.24) is 5.48 Å². The van der Waals surface area contributed by atoms with E-state index in [-0.39, 0.29) is 16.9 Å². The van der Waals surface area contributed by atoms with Gasteiger partial charge >= 0.3 is 18.0 Å². The highest BCUT2D eigenvalue weighted by molar-refractivity contribution is 6.03. The van der Waals surface area contributed by atoms with Gasteiger partial charge in [0, 0.05) is 0 Å². The maximum Gasteiger partial charge on any atom is 0.441 e. The summed E-state index contributed by atoms with van der Waals surface area (Å²) in [6.45, 7) is 5.10. The lowest BCUT2D eigenvalue weighted by molar-refractivity contribution is 0.0287. The predicted molar refractivity (Wildman–Crippen MR) is 79.1 cm³/mol. The average molecular weight is 325 g/mol. The number of ether oxygens (including phenoxy) is 3. The van der Waals surface area contributed by atoms with E-state index in [0.29, 0.717) is 0 Å². The Labute approximate surface area is 133 Å². The first-order valence-corrected chi connectivity index (χ1v) is 6.64. The summed E-state index contributed by atoms with van der Waals surface area (Å²) in [7, 11) is 2.37. The summed E-state index contributed by atoms with van der Waals surface area (Å²) in [6.07, 6.45) is -0.797. The number of amides is 1. The third-order valence-electron chi connectivity index (χ3n) is 2.45. The number of carbonyl (C=O) groups is 3. The fourth-order valence-corrected chi connectivity index (χ4v) is 1.55. The Kier molecular flexibility index (Phi) is 5.94. The van der Waals surface area contributed by atoms with Gasteiger partial charge in [0.25, 0.3) is 0 Å². The first kappa shape index (κ1) is 18.3. The molecule has 0 aliphatic rings. The molecule has 0 spiro atoms. The predicted octanol–water partition coefficient (Wildman–Crippen LogP) is 2.08. The van der Waals surface area contributed by atoms with Crippen LogP contribution in [-0.2, 0) is 14.2 Å². The first-order chi connectivity index (χ1) is 10.7. The van der Waals surface area contributed by atoms with Gasteiger partial charge in [0.1, 0.15) is 5.60 Å². The minimum absolute atomic E-state index is 0.0176. The number of rotatable bonds is 4. The molecule has 0 bridgehead atoms. The second kappa shape index (κ2) is 7.48. The number of hydroxylamine groups is 1. The van der Waals surface area contributed by atoms with Crippen molar-refractivity contribution >= 4 is 18.0 Å². The lowest BCUT2D eigenvalue weighted by Crippen LogP contribution is -2.34. The van der Waals surface area contributed by atoms with Gasteiger partial charge in [0.05, 0.1) is 25.3 Å². The van der Waals surface area contributed by atoms with Crippen LogP contribution < -0.4 is 10.3 Å². The molecular weight excluding hydrogens is 306 g/mol. The number of methoxy groups -OCH3 is 2. The Bertz CT molecular complexity index is 604. The highest BCUT2D eigenvalue weighted by atomic mass is 16.7. The van der Waals surface area contributed by atoms with Crippen molar-refractivity contribution in [2.75, 3.05) is 14.2 Å². The van der Waals surface area contributed by atoms with E-state index in [9.17, 15) is 14.4 Å². The van der Waals surface area contributed by atoms with Gasteiger partial charge in [-0.05, 0) is 39.0 Å². The van der Waals surface area contributed by atoms with Crippen LogP contribution in [0.1, 0.15) is 41.5 Å². The van der Waals surface area contributed by atoms with E-state index < -0.39 is 23.6 Å². The molecule has 0 heterocycles. The molecule has 0 aromatic heterocycles. The summed E-state index contributed by atoms with van der Waals surface area (Å²) in [5, 5.41) is 0. The van der Waals surface area contributed by atoms with Gasteiger partial charge in [0.2, 0.25) is 0 Å². The molecule has 0 atom stereocenters. The van der Waals surface area contributed by atoms with Crippen LogP contribution in [0.5, 0.6) is 5.75 Å². The third-order valence-corrected chi connectivity index (χ3v) is 2.45. The van der Waals surface area contributed by atoms with Gasteiger partial charge in [-0.3, -0.25) is 0 Å². The molecule has 0 fully saturated rings. The van der Waals surface area contributed by atoms with Crippen molar-refractivity contribution in [3.05, 3.63) is 29.3 Å². The largest absolute Gasteiger partial charge is 0.465 e. The molecule has 0 aliphatic heterocycles. The van der Waals surface area contributed by atoms with Crippen LogP contribution in [0.15, 0.2) is 18.2 Å². The molecule has 1 N–H and O–H groups in total. The van der Waals surface area contributed by atoms with E-state index in [1.54, 1.807) is 20.8 Å². The molecule has 126 valence electrons. The fourth-order valence-electron chi connectivity index (χ4n) is 1.55. The summed E-state index contributed by atoms with van der Waals surface area (Å²) >= 11 is 0. The molecule has 1 aromatic carbocycles. The van der Waals surface area contributed by atoms with E-state index >= 15 is 0 Å². The minimum atomic E-state index is -0.797. The molecule has 0 saturated carbocycles. The van der Waals surface area contributed by atoms with Gasteiger partial charge in [0.15, 0.2) is 5.75 Å². The summed E-state index contributed by atoms with van der Waals surface area (Å²) in [5.41, 5.74) is 1.36. The molecule has 0 saturated heterocycles. The molecule has 8 heteroatoms. The van der Waals surface area contributed by atoms with Gasteiger partial charge in [-0.25, -0.2) is 14.4 Å². The molecule has 0 radical (unpaired) electrons. The van der Waals surface area contributed by atoms with Crippen LogP contribution in [0.2, 0.25) is 0 Å². The van der Waals surface area contributed by atoms with Crippen LogP contribution >= 0.6 is 0 Å². The highest BCUT2D eigenvalue weighted by Crippen LogP contribution is 2.19. The van der Waals surface area contributed by atoms with Crippen molar-refractivity contribution in [1.29, 1.82) is 0 Å². The highest BCUT2D eigenvalue weighted by Gasteiger charge is 2.20. The van der Waals surface area contributed by atoms with Gasteiger partial charge in [-0.15, -0.1) is 0 Å². The zero-order valence-electron chi connectivity index (χ0n) is 13.6. The molecule has 23 heavy (non-hydrogen) atoms. The van der Waals surface area contributed by atoms with E-state index in [4.69, 9.17) is 9.57 Å². The number of hydrogen-bond acceptors (Lipinski definition) is 7. The van der Waals surface area contributed by atoms with Gasteiger partial charge in [-0.2, -0.15) is 5.48 Å². The number of benzene rings is 1. The molecular formula is C15H19NO7. The van der Waals surface area contributed by atoms with Crippen LogP contribution in [0, 0.1) is 0 Å². The van der Waals surface area contributed by atoms with Crippen molar-refractivity contribution in [3.8, 4) is 5.75 Å². The Balaban J connectivity index is 2.91. The Morgan fingerprint density at radius 3 is 2.04 bits per heavy atom. The van der Waals surface area contributed by atoms with E-state index in [1.165, 1.54) is 32.4 Å². The van der Waals surface area contributed by atoms with E-state index in [2.05, 4.69) is 15.0 Å². The summed E-state index contributed by atoms with van der Waals surface area (Å²) in [4.78, 5) is 39.9. The number of hydrogen-bond donors (Lipinski definition) is 1. The summed E-state index contributed by atoms with van der Waals surface area (Å²) in [6, 6.07) is 3.95. The number of carbonyl (C=O) groups excluding carboxylic acids is 3. The molecule has 1 rings (SSSR count). The van der Waals surface area contributed by atoms with Crippen molar-refractivity contribution in [2.45, 2.75) is 26.4 Å². The number of nitrogens with one attached hydrogen (secondary N) is 1. The molecule has 1 amide bonds. The topological polar surface area (TPSA) is 100 Å². The van der Waals surface area contributed by atoms with Crippen LogP contribution in [-0.4, -0.2) is 37.9 Å². The minimum Gasteiger partial charge on any atom is -0.465 e. The van der Waals surface area contributed by atoms with Gasteiger partial charge in [-0.1, -0.05) is 0 Å². The molecule has 0 aliphatic carbocycles. The second-order valence-corrected chi connectivity index (χ2v) is 5.40. The quantitative estimate of drug-likeness (QED) is 0.514. The summed E-state index contributed by atoms with van der Waals surface area (Å²) in [5.74, 6) is -1.32. The smallest absolute Gasteiger partial charge is 0.441 e. The number of esters is 2. The Morgan fingerprint density at radius 1 is 0.957 bits per heavy atom. The molecule has 8 nitrogen and oxygen atoms in total. The standard InChI is InChI=1S/C15H19NO7/c1-15(2,3)22-14(19)16-23-9-6-7-10(12(17)20-4)11(8-9)13(18)21-5/h6-8H,1-5H3,(H,16,19). The zero-order chi connectivity index (χ0) is 17.6. The van der Waals surface area contributed by atoms with Crippen LogP contribution in [0.25, 0.3) is 0 Å². The normalized spacial score (nSPS) is 10.5. The van der Waals surface area contributed by atoms with E-state index in [1.807, 2.05) is 0 Å². The van der Waals surface area contributed by atoms with Crippen LogP contribution in [0.3, 0.4) is 0 Å². The monoisotopic (exact) mass is 325 g/mol. The van der Waals surface area contributed by atoms with E-state index in [0.717, 1.165) is 0 Å². The van der Waals surface area contributed by atoms with Gasteiger partial charge < -0.3 is 19.0 Å². The third kappa shape index (κ3) is 5.50. The Hall–Kier alpha value is -2.77.